The third-order valence-corrected chi connectivity index (χ3v) is 4.77. The lowest BCUT2D eigenvalue weighted by Gasteiger charge is -2.23. The number of para-hydroxylation sites is 1. The molecule has 3 aromatic rings. The molecule has 0 fully saturated rings. The summed E-state index contributed by atoms with van der Waals surface area (Å²) in [5.74, 6) is 0.659. The summed E-state index contributed by atoms with van der Waals surface area (Å²) in [6.07, 6.45) is 0. The van der Waals surface area contributed by atoms with E-state index >= 15 is 0 Å². The lowest BCUT2D eigenvalue weighted by atomic mass is 10.1. The summed E-state index contributed by atoms with van der Waals surface area (Å²) < 4.78 is 6.69. The highest BCUT2D eigenvalue weighted by atomic mass is 79.9. The highest BCUT2D eigenvalue weighted by Crippen LogP contribution is 2.16. The molecule has 0 aliphatic rings. The van der Waals surface area contributed by atoms with Crippen LogP contribution in [0.15, 0.2) is 83.3 Å². The van der Waals surface area contributed by atoms with E-state index in [1.165, 1.54) is 5.56 Å². The van der Waals surface area contributed by atoms with Gasteiger partial charge >= 0.3 is 0 Å². The summed E-state index contributed by atoms with van der Waals surface area (Å²) in [6.45, 7) is 3.17. The zero-order chi connectivity index (χ0) is 19.1. The fraction of sp³-hybridized carbons (Fsp3) is 0.174. The Bertz CT molecular complexity index is 814. The van der Waals surface area contributed by atoms with Crippen molar-refractivity contribution in [3.05, 3.63) is 100 Å². The SMILES string of the molecule is Cc1ccc(CN(Cc2ccc(Br)cc2)C(=O)COc2ccccc2)cc1. The zero-order valence-electron chi connectivity index (χ0n) is 15.3. The Labute approximate surface area is 168 Å². The van der Waals surface area contributed by atoms with Crippen molar-refractivity contribution >= 4 is 21.8 Å². The van der Waals surface area contributed by atoms with Gasteiger partial charge in [-0.05, 0) is 42.3 Å². The predicted molar refractivity (Wildman–Crippen MR) is 112 cm³/mol. The van der Waals surface area contributed by atoms with Crippen molar-refractivity contribution in [3.8, 4) is 5.75 Å². The Hall–Kier alpha value is -2.59. The van der Waals surface area contributed by atoms with Crippen LogP contribution in [-0.2, 0) is 17.9 Å². The van der Waals surface area contributed by atoms with Crippen LogP contribution in [0.5, 0.6) is 5.75 Å². The molecule has 0 saturated heterocycles. The van der Waals surface area contributed by atoms with Gasteiger partial charge in [0.1, 0.15) is 5.75 Å². The van der Waals surface area contributed by atoms with E-state index in [0.29, 0.717) is 18.8 Å². The van der Waals surface area contributed by atoms with Gasteiger partial charge < -0.3 is 9.64 Å². The van der Waals surface area contributed by atoms with Crippen LogP contribution in [-0.4, -0.2) is 17.4 Å². The number of benzene rings is 3. The van der Waals surface area contributed by atoms with Crippen molar-refractivity contribution in [1.82, 2.24) is 4.90 Å². The van der Waals surface area contributed by atoms with Crippen LogP contribution in [0.3, 0.4) is 0 Å². The second-order valence-corrected chi connectivity index (χ2v) is 7.38. The van der Waals surface area contributed by atoms with Crippen LogP contribution in [0.25, 0.3) is 0 Å². The second-order valence-electron chi connectivity index (χ2n) is 6.46. The topological polar surface area (TPSA) is 29.5 Å². The third kappa shape index (κ3) is 5.97. The average molecular weight is 424 g/mol. The monoisotopic (exact) mass is 423 g/mol. The molecule has 27 heavy (non-hydrogen) atoms. The number of hydrogen-bond donors (Lipinski definition) is 0. The largest absolute Gasteiger partial charge is 0.484 e. The smallest absolute Gasteiger partial charge is 0.261 e. The van der Waals surface area contributed by atoms with Crippen LogP contribution in [0.2, 0.25) is 0 Å². The first kappa shape index (κ1) is 19.2. The van der Waals surface area contributed by atoms with Gasteiger partial charge in [0.05, 0.1) is 0 Å². The summed E-state index contributed by atoms with van der Waals surface area (Å²) in [6, 6.07) is 25.7. The van der Waals surface area contributed by atoms with Crippen molar-refractivity contribution in [1.29, 1.82) is 0 Å². The molecule has 0 radical (unpaired) electrons. The normalized spacial score (nSPS) is 10.4. The number of carbonyl (C=O) groups excluding carboxylic acids is 1. The van der Waals surface area contributed by atoms with Crippen LogP contribution in [0.4, 0.5) is 0 Å². The van der Waals surface area contributed by atoms with Crippen molar-refractivity contribution < 1.29 is 9.53 Å². The number of amides is 1. The molecule has 3 rings (SSSR count). The van der Waals surface area contributed by atoms with Crippen molar-refractivity contribution in [2.75, 3.05) is 6.61 Å². The van der Waals surface area contributed by atoms with Crippen molar-refractivity contribution in [2.45, 2.75) is 20.0 Å². The van der Waals surface area contributed by atoms with Gasteiger partial charge in [0.15, 0.2) is 6.61 Å². The van der Waals surface area contributed by atoms with E-state index < -0.39 is 0 Å². The minimum atomic E-state index is -0.0395. The fourth-order valence-corrected chi connectivity index (χ4v) is 2.97. The molecule has 3 nitrogen and oxygen atoms in total. The van der Waals surface area contributed by atoms with Gasteiger partial charge in [-0.25, -0.2) is 0 Å². The lowest BCUT2D eigenvalue weighted by Crippen LogP contribution is -2.34. The molecule has 0 heterocycles. The summed E-state index contributed by atoms with van der Waals surface area (Å²) in [5, 5.41) is 0. The van der Waals surface area contributed by atoms with Crippen LogP contribution in [0.1, 0.15) is 16.7 Å². The van der Waals surface area contributed by atoms with Gasteiger partial charge in [0.2, 0.25) is 0 Å². The number of nitrogens with zero attached hydrogens (tertiary/aromatic N) is 1. The van der Waals surface area contributed by atoms with Crippen molar-refractivity contribution in [2.24, 2.45) is 0 Å². The lowest BCUT2D eigenvalue weighted by molar-refractivity contribution is -0.134. The number of halogens is 1. The average Bonchev–Trinajstić information content (AvgIpc) is 2.69. The molecule has 0 saturated carbocycles. The molecule has 138 valence electrons. The van der Waals surface area contributed by atoms with Crippen LogP contribution < -0.4 is 4.74 Å². The Kier molecular flexibility index (Phi) is 6.66. The Morgan fingerprint density at radius 1 is 0.852 bits per heavy atom. The number of ether oxygens (including phenoxy) is 1. The van der Waals surface area contributed by atoms with Gasteiger partial charge in [-0.15, -0.1) is 0 Å². The summed E-state index contributed by atoms with van der Waals surface area (Å²) in [5.41, 5.74) is 3.39. The molecule has 0 unspecified atom stereocenters. The fourth-order valence-electron chi connectivity index (χ4n) is 2.71. The van der Waals surface area contributed by atoms with E-state index in [4.69, 9.17) is 4.74 Å². The van der Waals surface area contributed by atoms with Gasteiger partial charge in [-0.2, -0.15) is 0 Å². The molecule has 0 aliphatic carbocycles. The number of rotatable bonds is 7. The minimum Gasteiger partial charge on any atom is -0.484 e. The maximum atomic E-state index is 12.9. The summed E-state index contributed by atoms with van der Waals surface area (Å²) in [7, 11) is 0. The molecule has 1 amide bonds. The van der Waals surface area contributed by atoms with E-state index in [1.54, 1.807) is 0 Å². The standard InChI is InChI=1S/C23H22BrNO2/c1-18-7-9-19(10-8-18)15-25(16-20-11-13-21(24)14-12-20)23(26)17-27-22-5-3-2-4-6-22/h2-14H,15-17H2,1H3. The number of hydrogen-bond acceptors (Lipinski definition) is 2. The first-order chi connectivity index (χ1) is 13.1. The number of aryl methyl sites for hydroxylation is 1. The van der Waals surface area contributed by atoms with E-state index in [-0.39, 0.29) is 12.5 Å². The van der Waals surface area contributed by atoms with E-state index in [0.717, 1.165) is 15.6 Å². The maximum absolute atomic E-state index is 12.9. The molecule has 0 aromatic heterocycles. The highest BCUT2D eigenvalue weighted by molar-refractivity contribution is 9.10. The van der Waals surface area contributed by atoms with E-state index in [1.807, 2.05) is 59.5 Å². The molecule has 3 aromatic carbocycles. The highest BCUT2D eigenvalue weighted by Gasteiger charge is 2.15. The van der Waals surface area contributed by atoms with Gasteiger partial charge in [0.25, 0.3) is 5.91 Å². The minimum absolute atomic E-state index is 0.0202. The Morgan fingerprint density at radius 2 is 1.41 bits per heavy atom. The zero-order valence-corrected chi connectivity index (χ0v) is 16.9. The molecule has 0 N–H and O–H groups in total. The molecule has 0 aliphatic heterocycles. The summed E-state index contributed by atoms with van der Waals surface area (Å²) in [4.78, 5) is 14.7. The van der Waals surface area contributed by atoms with Crippen LogP contribution >= 0.6 is 15.9 Å². The Morgan fingerprint density at radius 3 is 2.00 bits per heavy atom. The maximum Gasteiger partial charge on any atom is 0.261 e. The third-order valence-electron chi connectivity index (χ3n) is 4.24. The quantitative estimate of drug-likeness (QED) is 0.511. The van der Waals surface area contributed by atoms with Crippen LogP contribution in [0, 0.1) is 6.92 Å². The van der Waals surface area contributed by atoms with Gasteiger partial charge in [-0.3, -0.25) is 4.79 Å². The van der Waals surface area contributed by atoms with E-state index in [9.17, 15) is 4.79 Å². The van der Waals surface area contributed by atoms with Gasteiger partial charge in [0, 0.05) is 17.6 Å². The summed E-state index contributed by atoms with van der Waals surface area (Å²) >= 11 is 3.45. The Balaban J connectivity index is 1.71. The van der Waals surface area contributed by atoms with Crippen molar-refractivity contribution in [3.63, 3.8) is 0 Å². The molecular weight excluding hydrogens is 402 g/mol. The number of carbonyl (C=O) groups is 1. The first-order valence-corrected chi connectivity index (χ1v) is 9.65. The molecule has 0 atom stereocenters. The second kappa shape index (κ2) is 9.38. The van der Waals surface area contributed by atoms with E-state index in [2.05, 4.69) is 47.1 Å². The first-order valence-electron chi connectivity index (χ1n) is 8.86. The molecule has 4 heteroatoms. The van der Waals surface area contributed by atoms with Gasteiger partial charge in [-0.1, -0.05) is 76.1 Å². The predicted octanol–water partition coefficient (Wildman–Crippen LogP) is 5.37. The molecule has 0 spiro atoms. The molecular formula is C23H22BrNO2. The molecule has 0 bridgehead atoms.